The second-order valence-corrected chi connectivity index (χ2v) is 9.42. The molecule has 1 heterocycles. The van der Waals surface area contributed by atoms with E-state index in [2.05, 4.69) is 12.2 Å². The summed E-state index contributed by atoms with van der Waals surface area (Å²) < 4.78 is 29.1. The van der Waals surface area contributed by atoms with Crippen molar-refractivity contribution in [2.45, 2.75) is 56.6 Å². The van der Waals surface area contributed by atoms with Gasteiger partial charge in [-0.3, -0.25) is 0 Å². The van der Waals surface area contributed by atoms with Crippen LogP contribution >= 0.6 is 0 Å². The summed E-state index contributed by atoms with van der Waals surface area (Å²) >= 11 is 0. The van der Waals surface area contributed by atoms with Gasteiger partial charge in [0.2, 0.25) is 0 Å². The average Bonchev–Trinajstić information content (AvgIpc) is 2.47. The lowest BCUT2D eigenvalue weighted by Crippen LogP contribution is -2.51. The van der Waals surface area contributed by atoms with Crippen LogP contribution in [0.4, 0.5) is 0 Å². The second-order valence-electron chi connectivity index (χ2n) is 7.01. The zero-order valence-corrected chi connectivity index (χ0v) is 14.4. The van der Waals surface area contributed by atoms with Gasteiger partial charge >= 0.3 is 0 Å². The van der Waals surface area contributed by atoms with Gasteiger partial charge in [-0.25, -0.2) is 8.42 Å². The first-order chi connectivity index (χ1) is 9.97. The lowest BCUT2D eigenvalue weighted by atomic mass is 9.80. The maximum absolute atomic E-state index is 12.2. The zero-order chi connectivity index (χ0) is 15.3. The Bertz CT molecular complexity index is 415. The van der Waals surface area contributed by atoms with Crippen molar-refractivity contribution in [2.24, 2.45) is 11.8 Å². The smallest absolute Gasteiger partial charge is 0.154 e. The molecule has 2 unspecified atom stereocenters. The predicted octanol–water partition coefficient (Wildman–Crippen LogP) is 2.39. The largest absolute Gasteiger partial charge is 0.381 e. The summed E-state index contributed by atoms with van der Waals surface area (Å²) in [6.45, 7) is 4.96. The molecule has 0 aromatic carbocycles. The van der Waals surface area contributed by atoms with E-state index in [9.17, 15) is 8.42 Å². The monoisotopic (exact) mass is 317 g/mol. The molecule has 21 heavy (non-hydrogen) atoms. The van der Waals surface area contributed by atoms with Crippen molar-refractivity contribution in [3.05, 3.63) is 0 Å². The number of hydrogen-bond donors (Lipinski definition) is 1. The third kappa shape index (κ3) is 4.42. The molecule has 4 nitrogen and oxygen atoms in total. The summed E-state index contributed by atoms with van der Waals surface area (Å²) in [5.41, 5.74) is 0. The molecule has 1 aliphatic heterocycles. The third-order valence-corrected chi connectivity index (χ3v) is 7.67. The highest BCUT2D eigenvalue weighted by molar-refractivity contribution is 7.92. The summed E-state index contributed by atoms with van der Waals surface area (Å²) in [6.07, 6.45) is 9.21. The van der Waals surface area contributed by atoms with Crippen LogP contribution in [-0.4, -0.2) is 45.7 Å². The maximum atomic E-state index is 12.2. The molecule has 1 saturated carbocycles. The molecule has 1 aliphatic carbocycles. The van der Waals surface area contributed by atoms with Gasteiger partial charge in [0.1, 0.15) is 0 Å². The fourth-order valence-corrected chi connectivity index (χ4v) is 5.16. The molecule has 2 aliphatic rings. The Kier molecular flexibility index (Phi) is 6.09. The molecule has 0 radical (unpaired) electrons. The molecule has 0 bridgehead atoms. The Hall–Kier alpha value is -0.130. The SMILES string of the molecule is CCC1CCCC(CNCC2(S(C)(=O)=O)CCOCC2)C1. The minimum absolute atomic E-state index is 0.566. The highest BCUT2D eigenvalue weighted by Crippen LogP contribution is 2.31. The van der Waals surface area contributed by atoms with Crippen molar-refractivity contribution in [3.63, 3.8) is 0 Å². The summed E-state index contributed by atoms with van der Waals surface area (Å²) in [7, 11) is -3.05. The van der Waals surface area contributed by atoms with Crippen LogP contribution in [0.25, 0.3) is 0 Å². The Labute approximate surface area is 129 Å². The van der Waals surface area contributed by atoms with Crippen LogP contribution in [0.2, 0.25) is 0 Å². The molecule has 5 heteroatoms. The fraction of sp³-hybridized carbons (Fsp3) is 1.00. The van der Waals surface area contributed by atoms with E-state index in [0.29, 0.717) is 32.6 Å². The molecule has 2 atom stereocenters. The highest BCUT2D eigenvalue weighted by atomic mass is 32.2. The molecular formula is C16H31NO3S. The summed E-state index contributed by atoms with van der Waals surface area (Å²) in [5, 5.41) is 3.48. The van der Waals surface area contributed by atoms with Gasteiger partial charge in [0.15, 0.2) is 9.84 Å². The molecule has 124 valence electrons. The van der Waals surface area contributed by atoms with Crippen molar-refractivity contribution >= 4 is 9.84 Å². The summed E-state index contributed by atoms with van der Waals surface area (Å²) in [5.74, 6) is 1.60. The van der Waals surface area contributed by atoms with Crippen molar-refractivity contribution in [1.29, 1.82) is 0 Å². The zero-order valence-electron chi connectivity index (χ0n) is 13.6. The van der Waals surface area contributed by atoms with Gasteiger partial charge in [-0.05, 0) is 44.1 Å². The minimum Gasteiger partial charge on any atom is -0.381 e. The Morgan fingerprint density at radius 2 is 1.86 bits per heavy atom. The maximum Gasteiger partial charge on any atom is 0.154 e. The van der Waals surface area contributed by atoms with Gasteiger partial charge in [0, 0.05) is 26.0 Å². The summed E-state index contributed by atoms with van der Waals surface area (Å²) in [6, 6.07) is 0. The number of nitrogens with one attached hydrogen (secondary N) is 1. The van der Waals surface area contributed by atoms with Gasteiger partial charge in [-0.2, -0.15) is 0 Å². The van der Waals surface area contributed by atoms with Crippen LogP contribution in [-0.2, 0) is 14.6 Å². The van der Waals surface area contributed by atoms with Gasteiger partial charge in [0.25, 0.3) is 0 Å². The van der Waals surface area contributed by atoms with Crippen LogP contribution < -0.4 is 5.32 Å². The molecule has 0 aromatic heterocycles. The Morgan fingerprint density at radius 1 is 1.19 bits per heavy atom. The van der Waals surface area contributed by atoms with Crippen molar-refractivity contribution in [2.75, 3.05) is 32.6 Å². The molecule has 2 fully saturated rings. The van der Waals surface area contributed by atoms with Gasteiger partial charge in [-0.1, -0.05) is 26.2 Å². The molecular weight excluding hydrogens is 286 g/mol. The van der Waals surface area contributed by atoms with Crippen molar-refractivity contribution < 1.29 is 13.2 Å². The Balaban J connectivity index is 1.85. The molecule has 1 saturated heterocycles. The first-order valence-corrected chi connectivity index (χ1v) is 10.3. The van der Waals surface area contributed by atoms with E-state index in [4.69, 9.17) is 4.74 Å². The van der Waals surface area contributed by atoms with Gasteiger partial charge in [-0.15, -0.1) is 0 Å². The van der Waals surface area contributed by atoms with Crippen molar-refractivity contribution in [1.82, 2.24) is 5.32 Å². The normalized spacial score (nSPS) is 30.2. The summed E-state index contributed by atoms with van der Waals surface area (Å²) in [4.78, 5) is 0. The Morgan fingerprint density at radius 3 is 2.48 bits per heavy atom. The van der Waals surface area contributed by atoms with Crippen LogP contribution in [0.3, 0.4) is 0 Å². The number of ether oxygens (including phenoxy) is 1. The van der Waals surface area contributed by atoms with E-state index in [1.54, 1.807) is 0 Å². The standard InChI is InChI=1S/C16H31NO3S/c1-3-14-5-4-6-15(11-14)12-17-13-16(21(2,18)19)7-9-20-10-8-16/h14-15,17H,3-13H2,1-2H3. The third-order valence-electron chi connectivity index (χ3n) is 5.54. The molecule has 0 amide bonds. The predicted molar refractivity (Wildman–Crippen MR) is 86.2 cm³/mol. The number of hydrogen-bond acceptors (Lipinski definition) is 4. The molecule has 0 spiro atoms. The van der Waals surface area contributed by atoms with E-state index >= 15 is 0 Å². The first-order valence-electron chi connectivity index (χ1n) is 8.45. The van der Waals surface area contributed by atoms with Crippen molar-refractivity contribution in [3.8, 4) is 0 Å². The highest BCUT2D eigenvalue weighted by Gasteiger charge is 2.42. The first kappa shape index (κ1) is 17.2. The van der Waals surface area contributed by atoms with E-state index in [0.717, 1.165) is 18.4 Å². The molecule has 1 N–H and O–H groups in total. The second kappa shape index (κ2) is 7.42. The van der Waals surface area contributed by atoms with E-state index < -0.39 is 14.6 Å². The van der Waals surface area contributed by atoms with Gasteiger partial charge < -0.3 is 10.1 Å². The van der Waals surface area contributed by atoms with Crippen LogP contribution in [0.5, 0.6) is 0 Å². The molecule has 2 rings (SSSR count). The van der Waals surface area contributed by atoms with Crippen LogP contribution in [0, 0.1) is 11.8 Å². The van der Waals surface area contributed by atoms with E-state index in [-0.39, 0.29) is 0 Å². The minimum atomic E-state index is -3.05. The van der Waals surface area contributed by atoms with E-state index in [1.807, 2.05) is 0 Å². The average molecular weight is 317 g/mol. The topological polar surface area (TPSA) is 55.4 Å². The number of sulfone groups is 1. The van der Waals surface area contributed by atoms with E-state index in [1.165, 1.54) is 38.4 Å². The fourth-order valence-electron chi connectivity index (χ4n) is 3.88. The van der Waals surface area contributed by atoms with Crippen LogP contribution in [0.1, 0.15) is 51.9 Å². The van der Waals surface area contributed by atoms with Crippen LogP contribution in [0.15, 0.2) is 0 Å². The van der Waals surface area contributed by atoms with Gasteiger partial charge in [0.05, 0.1) is 4.75 Å². The lowest BCUT2D eigenvalue weighted by molar-refractivity contribution is 0.0740. The quantitative estimate of drug-likeness (QED) is 0.817. The number of rotatable bonds is 6. The molecule has 0 aromatic rings. The lowest BCUT2D eigenvalue weighted by Gasteiger charge is -2.36.